The van der Waals surface area contributed by atoms with E-state index in [-0.39, 0.29) is 5.54 Å². The summed E-state index contributed by atoms with van der Waals surface area (Å²) in [5.41, 5.74) is 7.32. The molecule has 6 atom stereocenters. The highest BCUT2D eigenvalue weighted by atomic mass is 15.7. The van der Waals surface area contributed by atoms with Crippen LogP contribution in [0.1, 0.15) is 53.1 Å². The number of piperidine rings is 1. The van der Waals surface area contributed by atoms with Gasteiger partial charge in [-0.2, -0.15) is 0 Å². The minimum Gasteiger partial charge on any atom is -0.297 e. The molecule has 2 bridgehead atoms. The highest BCUT2D eigenvalue weighted by molar-refractivity contribution is 5.96. The van der Waals surface area contributed by atoms with Crippen LogP contribution >= 0.6 is 0 Å². The third-order valence-electron chi connectivity index (χ3n) is 9.39. The number of hydrogen-bond donors (Lipinski definition) is 0. The number of hydrazine groups is 1. The quantitative estimate of drug-likeness (QED) is 0.269. The molecule has 5 aromatic rings. The first-order valence-corrected chi connectivity index (χ1v) is 12.4. The largest absolute Gasteiger partial charge is 0.297 e. The van der Waals surface area contributed by atoms with Crippen molar-refractivity contribution >= 4 is 27.2 Å². The third-order valence-corrected chi connectivity index (χ3v) is 9.39. The smallest absolute Gasteiger partial charge is 0.0713 e. The lowest BCUT2D eigenvalue weighted by molar-refractivity contribution is 0.151. The summed E-state index contributed by atoms with van der Waals surface area (Å²) in [6, 6.07) is 39.6. The van der Waals surface area contributed by atoms with Gasteiger partial charge in [-0.05, 0) is 62.9 Å². The fourth-order valence-corrected chi connectivity index (χ4v) is 8.48. The van der Waals surface area contributed by atoms with Crippen LogP contribution in [0.2, 0.25) is 0 Å². The van der Waals surface area contributed by atoms with Crippen molar-refractivity contribution in [1.29, 1.82) is 0 Å². The highest BCUT2D eigenvalue weighted by Crippen LogP contribution is 2.75. The van der Waals surface area contributed by atoms with Crippen molar-refractivity contribution in [3.05, 3.63) is 125 Å². The van der Waals surface area contributed by atoms with Crippen molar-refractivity contribution in [1.82, 2.24) is 5.01 Å². The molecule has 2 fully saturated rings. The van der Waals surface area contributed by atoms with E-state index in [0.29, 0.717) is 23.9 Å². The molecule has 0 radical (unpaired) electrons. The summed E-state index contributed by atoms with van der Waals surface area (Å²) in [5, 5.41) is 11.2. The lowest BCUT2D eigenvalue weighted by atomic mass is 9.66. The molecule has 2 unspecified atom stereocenters. The molecular weight excluding hydrogens is 412 g/mol. The van der Waals surface area contributed by atoms with Crippen LogP contribution in [-0.4, -0.2) is 10.5 Å². The third kappa shape index (κ3) is 1.75. The molecule has 34 heavy (non-hydrogen) atoms. The first kappa shape index (κ1) is 17.8. The molecule has 2 saturated heterocycles. The maximum Gasteiger partial charge on any atom is 0.0713 e. The number of rotatable bonds is 1. The molecular formula is C32H24N2. The Hall–Kier alpha value is -3.62. The summed E-state index contributed by atoms with van der Waals surface area (Å²) >= 11 is 0. The minimum atomic E-state index is -0.0582. The van der Waals surface area contributed by atoms with Gasteiger partial charge in [-0.3, -0.25) is 5.01 Å². The summed E-state index contributed by atoms with van der Waals surface area (Å²) in [5.74, 6) is 0.860. The molecule has 2 nitrogen and oxygen atoms in total. The zero-order valence-corrected chi connectivity index (χ0v) is 19.0. The fourth-order valence-electron chi connectivity index (χ4n) is 8.48. The van der Waals surface area contributed by atoms with Crippen LogP contribution in [0.15, 0.2) is 103 Å². The number of benzene rings is 5. The Morgan fingerprint density at radius 2 is 1.00 bits per heavy atom. The summed E-state index contributed by atoms with van der Waals surface area (Å²) in [6.07, 6.45) is 0. The van der Waals surface area contributed by atoms with Crippen molar-refractivity contribution in [2.75, 3.05) is 5.01 Å². The summed E-state index contributed by atoms with van der Waals surface area (Å²) in [6.45, 7) is 2.55. The van der Waals surface area contributed by atoms with Crippen LogP contribution in [0.4, 0.5) is 5.69 Å². The van der Waals surface area contributed by atoms with Crippen LogP contribution in [0, 0.1) is 0 Å². The summed E-state index contributed by atoms with van der Waals surface area (Å²) < 4.78 is 0. The van der Waals surface area contributed by atoms with Crippen molar-refractivity contribution in [2.24, 2.45) is 0 Å². The summed E-state index contributed by atoms with van der Waals surface area (Å²) in [7, 11) is 0. The van der Waals surface area contributed by atoms with Crippen LogP contribution in [0.5, 0.6) is 0 Å². The zero-order chi connectivity index (χ0) is 22.2. The molecule has 9 rings (SSSR count). The molecule has 0 aromatic heterocycles. The van der Waals surface area contributed by atoms with Crippen LogP contribution in [0.3, 0.4) is 0 Å². The van der Waals surface area contributed by atoms with Gasteiger partial charge in [0.05, 0.1) is 23.3 Å². The standard InChI is InChI=1S/C32H24N2/c1-32-28-22-15-5-9-19-11-7-17-24(26(19)22)30(28)33(34(32)21-13-3-2-4-14-21)31-25-18-8-12-20-10-6-16-23(27(20)25)29(31)32/h2-18,28-31H,1H3/t28-,29+,30-,31+,32?. The van der Waals surface area contributed by atoms with Gasteiger partial charge in [-0.25, -0.2) is 5.01 Å². The number of hydrogen-bond acceptors (Lipinski definition) is 2. The Labute approximate surface area is 199 Å². The van der Waals surface area contributed by atoms with Gasteiger partial charge in [0.25, 0.3) is 0 Å². The molecule has 2 heterocycles. The van der Waals surface area contributed by atoms with Crippen molar-refractivity contribution in [3.8, 4) is 0 Å². The number of para-hydroxylation sites is 1. The number of nitrogens with zero attached hydrogens (tertiary/aromatic N) is 2. The van der Waals surface area contributed by atoms with Gasteiger partial charge in [-0.15, -0.1) is 0 Å². The zero-order valence-electron chi connectivity index (χ0n) is 19.0. The van der Waals surface area contributed by atoms with E-state index in [0.717, 1.165) is 0 Å². The van der Waals surface area contributed by atoms with Gasteiger partial charge in [-0.1, -0.05) is 91.0 Å². The Balaban J connectivity index is 1.40. The molecule has 2 aliphatic carbocycles. The molecule has 162 valence electrons. The minimum absolute atomic E-state index is 0.0582. The second-order valence-corrected chi connectivity index (χ2v) is 10.7. The summed E-state index contributed by atoms with van der Waals surface area (Å²) in [4.78, 5) is 0. The van der Waals surface area contributed by atoms with E-state index in [1.54, 1.807) is 0 Å². The van der Waals surface area contributed by atoms with Gasteiger partial charge in [0.15, 0.2) is 0 Å². The Kier molecular flexibility index (Phi) is 2.99. The second-order valence-electron chi connectivity index (χ2n) is 10.7. The van der Waals surface area contributed by atoms with Gasteiger partial charge in [0.1, 0.15) is 0 Å². The molecule has 5 aromatic carbocycles. The SMILES string of the molecule is CC12[C@@H]3c4cccc5cccc(c45)[C@H]3N([C@H]3c4cccc5cccc(c45)[C@@H]31)N2c1ccccc1. The second kappa shape index (κ2) is 5.71. The molecule has 2 aliphatic heterocycles. The maximum atomic E-state index is 2.79. The molecule has 0 amide bonds. The topological polar surface area (TPSA) is 6.48 Å². The predicted octanol–water partition coefficient (Wildman–Crippen LogP) is 7.48. The lowest BCUT2D eigenvalue weighted by Gasteiger charge is -2.41. The van der Waals surface area contributed by atoms with Crippen LogP contribution in [-0.2, 0) is 0 Å². The normalized spacial score (nSPS) is 31.4. The van der Waals surface area contributed by atoms with Crippen molar-refractivity contribution in [3.63, 3.8) is 0 Å². The maximum absolute atomic E-state index is 2.79. The number of anilines is 1. The molecule has 2 heteroatoms. The van der Waals surface area contributed by atoms with Gasteiger partial charge >= 0.3 is 0 Å². The average Bonchev–Trinajstić information content (AvgIpc) is 3.56. The average molecular weight is 437 g/mol. The van der Waals surface area contributed by atoms with Crippen molar-refractivity contribution < 1.29 is 0 Å². The monoisotopic (exact) mass is 436 g/mol. The van der Waals surface area contributed by atoms with E-state index in [1.807, 2.05) is 0 Å². The number of fused-ring (bicyclic) bond motifs is 12. The van der Waals surface area contributed by atoms with E-state index in [4.69, 9.17) is 0 Å². The molecule has 4 aliphatic rings. The first-order valence-electron chi connectivity index (χ1n) is 12.4. The fraction of sp³-hybridized carbons (Fsp3) is 0.188. The van der Waals surface area contributed by atoms with E-state index in [9.17, 15) is 0 Å². The van der Waals surface area contributed by atoms with Gasteiger partial charge < -0.3 is 0 Å². The lowest BCUT2D eigenvalue weighted by Crippen LogP contribution is -2.46. The Bertz CT molecular complexity index is 1560. The molecule has 0 spiro atoms. The highest BCUT2D eigenvalue weighted by Gasteiger charge is 2.72. The Morgan fingerprint density at radius 3 is 1.50 bits per heavy atom. The van der Waals surface area contributed by atoms with Crippen LogP contribution in [0.25, 0.3) is 21.5 Å². The van der Waals surface area contributed by atoms with E-state index in [1.165, 1.54) is 49.5 Å². The molecule has 0 saturated carbocycles. The van der Waals surface area contributed by atoms with Crippen LogP contribution < -0.4 is 5.01 Å². The predicted molar refractivity (Wildman–Crippen MR) is 138 cm³/mol. The molecule has 0 N–H and O–H groups in total. The van der Waals surface area contributed by atoms with Gasteiger partial charge in [0.2, 0.25) is 0 Å². The first-order chi connectivity index (χ1) is 16.8. The van der Waals surface area contributed by atoms with E-state index in [2.05, 4.69) is 120 Å². The van der Waals surface area contributed by atoms with Gasteiger partial charge in [0, 0.05) is 11.8 Å². The Morgan fingerprint density at radius 1 is 0.529 bits per heavy atom. The van der Waals surface area contributed by atoms with E-state index >= 15 is 0 Å². The van der Waals surface area contributed by atoms with E-state index < -0.39 is 0 Å². The van der Waals surface area contributed by atoms with Crippen molar-refractivity contribution in [2.45, 2.75) is 36.4 Å².